The van der Waals surface area contributed by atoms with Crippen molar-refractivity contribution >= 4 is 10.1 Å². The molecule has 0 amide bonds. The summed E-state index contributed by atoms with van der Waals surface area (Å²) in [6.07, 6.45) is 1.54. The third kappa shape index (κ3) is 4.02. The summed E-state index contributed by atoms with van der Waals surface area (Å²) in [5.41, 5.74) is -1.48. The molecule has 0 spiro atoms. The van der Waals surface area contributed by atoms with Gasteiger partial charge in [0.15, 0.2) is 0 Å². The highest BCUT2D eigenvalue weighted by Gasteiger charge is 2.33. The second-order valence-electron chi connectivity index (χ2n) is 3.37. The lowest BCUT2D eigenvalue weighted by Gasteiger charge is -2.28. The number of nitrogens with one attached hydrogen (secondary N) is 1. The van der Waals surface area contributed by atoms with Gasteiger partial charge >= 0.3 is 0 Å². The van der Waals surface area contributed by atoms with Crippen molar-refractivity contribution in [3.05, 3.63) is 0 Å². The van der Waals surface area contributed by atoms with Gasteiger partial charge in [-0.15, -0.1) is 0 Å². The first-order valence-electron chi connectivity index (χ1n) is 4.15. The maximum Gasteiger partial charge on any atom is 0.264 e. The predicted octanol–water partition coefficient (Wildman–Crippen LogP) is 0.0543. The van der Waals surface area contributed by atoms with Gasteiger partial charge in [0.25, 0.3) is 10.1 Å². The van der Waals surface area contributed by atoms with Crippen LogP contribution in [-0.4, -0.2) is 40.0 Å². The molecule has 0 radical (unpaired) electrons. The maximum absolute atomic E-state index is 13.7. The van der Waals surface area contributed by atoms with E-state index in [-0.39, 0.29) is 6.61 Å². The molecule has 0 saturated carbocycles. The molecule has 1 aliphatic rings. The number of halogens is 1. The summed E-state index contributed by atoms with van der Waals surface area (Å²) in [6, 6.07) is 0. The molecule has 0 bridgehead atoms. The molecule has 1 N–H and O–H groups in total. The molecule has 0 aromatic carbocycles. The van der Waals surface area contributed by atoms with E-state index in [2.05, 4.69) is 9.50 Å². The van der Waals surface area contributed by atoms with Crippen molar-refractivity contribution in [1.82, 2.24) is 5.32 Å². The number of rotatable bonds is 3. The van der Waals surface area contributed by atoms with Crippen molar-refractivity contribution in [3.8, 4) is 0 Å². The summed E-state index contributed by atoms with van der Waals surface area (Å²) in [7, 11) is -3.52. The van der Waals surface area contributed by atoms with Crippen LogP contribution < -0.4 is 5.32 Å². The molecule has 1 saturated heterocycles. The maximum atomic E-state index is 13.7. The molecule has 1 rings (SSSR count). The van der Waals surface area contributed by atoms with Crippen molar-refractivity contribution in [3.63, 3.8) is 0 Å². The van der Waals surface area contributed by atoms with Crippen LogP contribution in [0.5, 0.6) is 0 Å². The van der Waals surface area contributed by atoms with Crippen LogP contribution in [0, 0.1) is 0 Å². The van der Waals surface area contributed by atoms with Gasteiger partial charge < -0.3 is 5.32 Å². The van der Waals surface area contributed by atoms with Crippen molar-refractivity contribution in [2.75, 3.05) is 26.0 Å². The SMILES string of the molecule is CS(=O)(=O)OCC1(F)CCNCC1. The van der Waals surface area contributed by atoms with E-state index in [1.165, 1.54) is 0 Å². The zero-order chi connectivity index (χ0) is 9.95. The lowest BCUT2D eigenvalue weighted by atomic mass is 9.96. The van der Waals surface area contributed by atoms with Gasteiger partial charge in [-0.1, -0.05) is 0 Å². The first kappa shape index (κ1) is 10.9. The normalized spacial score (nSPS) is 22.9. The van der Waals surface area contributed by atoms with E-state index in [0.29, 0.717) is 25.9 Å². The molecule has 0 aromatic rings. The van der Waals surface area contributed by atoms with E-state index in [9.17, 15) is 12.8 Å². The number of alkyl halides is 1. The Balaban J connectivity index is 2.42. The summed E-state index contributed by atoms with van der Waals surface area (Å²) in [5, 5.41) is 2.99. The van der Waals surface area contributed by atoms with E-state index >= 15 is 0 Å². The van der Waals surface area contributed by atoms with Crippen LogP contribution >= 0.6 is 0 Å². The van der Waals surface area contributed by atoms with Gasteiger partial charge in [0.2, 0.25) is 0 Å². The van der Waals surface area contributed by atoms with E-state index in [4.69, 9.17) is 0 Å². The van der Waals surface area contributed by atoms with E-state index in [1.54, 1.807) is 0 Å². The first-order valence-corrected chi connectivity index (χ1v) is 5.97. The standard InChI is InChI=1S/C7H14FNO3S/c1-13(10,11)12-6-7(8)2-4-9-5-3-7/h9H,2-6H2,1H3. The van der Waals surface area contributed by atoms with Crippen LogP contribution in [0.15, 0.2) is 0 Å². The Morgan fingerprint density at radius 2 is 2.00 bits per heavy atom. The zero-order valence-electron chi connectivity index (χ0n) is 7.55. The monoisotopic (exact) mass is 211 g/mol. The van der Waals surface area contributed by atoms with Crippen molar-refractivity contribution in [2.24, 2.45) is 0 Å². The lowest BCUT2D eigenvalue weighted by Crippen LogP contribution is -2.42. The highest BCUT2D eigenvalue weighted by atomic mass is 32.2. The van der Waals surface area contributed by atoms with Crippen LogP contribution in [0.3, 0.4) is 0 Å². The van der Waals surface area contributed by atoms with Gasteiger partial charge in [-0.25, -0.2) is 4.39 Å². The van der Waals surface area contributed by atoms with Gasteiger partial charge in [-0.05, 0) is 25.9 Å². The van der Waals surface area contributed by atoms with E-state index in [0.717, 1.165) is 6.26 Å². The fraction of sp³-hybridized carbons (Fsp3) is 1.00. The Bertz CT molecular complexity index is 259. The zero-order valence-corrected chi connectivity index (χ0v) is 8.36. The molecule has 0 unspecified atom stereocenters. The molecule has 1 heterocycles. The van der Waals surface area contributed by atoms with Crippen LogP contribution in [0.25, 0.3) is 0 Å². The largest absolute Gasteiger partial charge is 0.316 e. The summed E-state index contributed by atoms with van der Waals surface area (Å²) in [6.45, 7) is 0.792. The number of hydrogen-bond acceptors (Lipinski definition) is 4. The Morgan fingerprint density at radius 3 is 2.46 bits per heavy atom. The third-order valence-electron chi connectivity index (χ3n) is 2.03. The molecule has 0 aromatic heterocycles. The van der Waals surface area contributed by atoms with Crippen molar-refractivity contribution in [1.29, 1.82) is 0 Å². The molecule has 0 atom stereocenters. The molecular formula is C7H14FNO3S. The Kier molecular flexibility index (Phi) is 3.26. The molecular weight excluding hydrogens is 197 g/mol. The number of piperidine rings is 1. The minimum atomic E-state index is -3.52. The van der Waals surface area contributed by atoms with Crippen LogP contribution in [-0.2, 0) is 14.3 Å². The highest BCUT2D eigenvalue weighted by Crippen LogP contribution is 2.23. The molecule has 1 fully saturated rings. The first-order chi connectivity index (χ1) is 5.91. The average molecular weight is 211 g/mol. The fourth-order valence-corrected chi connectivity index (χ4v) is 1.66. The van der Waals surface area contributed by atoms with Crippen LogP contribution in [0.4, 0.5) is 4.39 Å². The average Bonchev–Trinajstić information content (AvgIpc) is 2.02. The lowest BCUT2D eigenvalue weighted by molar-refractivity contribution is 0.0571. The summed E-state index contributed by atoms with van der Waals surface area (Å²) in [4.78, 5) is 0. The van der Waals surface area contributed by atoms with Gasteiger partial charge in [0, 0.05) is 0 Å². The minimum Gasteiger partial charge on any atom is -0.316 e. The highest BCUT2D eigenvalue weighted by molar-refractivity contribution is 7.85. The van der Waals surface area contributed by atoms with Crippen LogP contribution in [0.2, 0.25) is 0 Å². The molecule has 0 aliphatic carbocycles. The molecule has 78 valence electrons. The topological polar surface area (TPSA) is 55.4 Å². The van der Waals surface area contributed by atoms with Gasteiger partial charge in [0.05, 0.1) is 6.26 Å². The molecule has 1 aliphatic heterocycles. The minimum absolute atomic E-state index is 0.308. The fourth-order valence-electron chi connectivity index (χ4n) is 1.23. The second kappa shape index (κ2) is 3.89. The van der Waals surface area contributed by atoms with Gasteiger partial charge in [0.1, 0.15) is 12.3 Å². The van der Waals surface area contributed by atoms with E-state index < -0.39 is 15.8 Å². The Hall–Kier alpha value is -0.200. The molecule has 4 nitrogen and oxygen atoms in total. The van der Waals surface area contributed by atoms with E-state index in [1.807, 2.05) is 0 Å². The van der Waals surface area contributed by atoms with Crippen molar-refractivity contribution in [2.45, 2.75) is 18.5 Å². The predicted molar refractivity (Wildman–Crippen MR) is 46.7 cm³/mol. The summed E-state index contributed by atoms with van der Waals surface area (Å²) >= 11 is 0. The number of hydrogen-bond donors (Lipinski definition) is 1. The molecule has 13 heavy (non-hydrogen) atoms. The van der Waals surface area contributed by atoms with Gasteiger partial charge in [-0.2, -0.15) is 8.42 Å². The Morgan fingerprint density at radius 1 is 1.46 bits per heavy atom. The molecule has 6 heteroatoms. The smallest absolute Gasteiger partial charge is 0.264 e. The third-order valence-corrected chi connectivity index (χ3v) is 2.58. The van der Waals surface area contributed by atoms with Gasteiger partial charge in [-0.3, -0.25) is 4.18 Å². The van der Waals surface area contributed by atoms with Crippen LogP contribution in [0.1, 0.15) is 12.8 Å². The summed E-state index contributed by atoms with van der Waals surface area (Å²) < 4.78 is 39.3. The quantitative estimate of drug-likeness (QED) is 0.670. The second-order valence-corrected chi connectivity index (χ2v) is 5.01. The summed E-state index contributed by atoms with van der Waals surface area (Å²) in [5.74, 6) is 0. The Labute approximate surface area is 77.6 Å². The van der Waals surface area contributed by atoms with Crippen molar-refractivity contribution < 1.29 is 17.0 Å².